The molecule has 1 amide bonds. The van der Waals surface area contributed by atoms with E-state index in [1.165, 1.54) is 25.7 Å². The van der Waals surface area contributed by atoms with Crippen molar-refractivity contribution in [2.24, 2.45) is 10.4 Å². The zero-order valence-electron chi connectivity index (χ0n) is 19.6. The van der Waals surface area contributed by atoms with E-state index in [-0.39, 0.29) is 35.3 Å². The van der Waals surface area contributed by atoms with Crippen LogP contribution in [0.25, 0.3) is 0 Å². The first-order valence-corrected chi connectivity index (χ1v) is 11.2. The molecule has 0 bridgehead atoms. The molecule has 9 heteroatoms. The van der Waals surface area contributed by atoms with Crippen molar-refractivity contribution in [3.8, 4) is 0 Å². The Morgan fingerprint density at radius 3 is 2.42 bits per heavy atom. The molecule has 1 fully saturated rings. The maximum atomic E-state index is 12.6. The van der Waals surface area contributed by atoms with E-state index in [4.69, 9.17) is 0 Å². The Bertz CT molecular complexity index is 661. The van der Waals surface area contributed by atoms with Crippen molar-refractivity contribution in [1.82, 2.24) is 25.5 Å². The van der Waals surface area contributed by atoms with Crippen LogP contribution in [0.4, 0.5) is 5.95 Å². The maximum Gasteiger partial charge on any atom is 0.225 e. The summed E-state index contributed by atoms with van der Waals surface area (Å²) in [4.78, 5) is 29.5. The first-order chi connectivity index (χ1) is 14.4. The van der Waals surface area contributed by atoms with Crippen LogP contribution in [0.5, 0.6) is 0 Å². The largest absolute Gasteiger partial charge is 0.356 e. The minimum absolute atomic E-state index is 0. The average Bonchev–Trinajstić information content (AvgIpc) is 2.76. The molecule has 2 N–H and O–H groups in total. The number of piperazine rings is 1. The summed E-state index contributed by atoms with van der Waals surface area (Å²) >= 11 is 0. The van der Waals surface area contributed by atoms with Crippen LogP contribution in [0.3, 0.4) is 0 Å². The first kappa shape index (κ1) is 27.4. The molecule has 1 aromatic heterocycles. The molecule has 2 rings (SSSR count). The molecule has 0 saturated carbocycles. The van der Waals surface area contributed by atoms with Gasteiger partial charge in [0.1, 0.15) is 0 Å². The molecule has 0 aromatic carbocycles. The van der Waals surface area contributed by atoms with Gasteiger partial charge in [-0.2, -0.15) is 0 Å². The Morgan fingerprint density at radius 2 is 1.81 bits per heavy atom. The predicted molar refractivity (Wildman–Crippen MR) is 138 cm³/mol. The molecule has 0 aliphatic carbocycles. The normalized spacial score (nSPS) is 14.8. The lowest BCUT2D eigenvalue weighted by atomic mass is 9.87. The van der Waals surface area contributed by atoms with Crippen LogP contribution >= 0.6 is 24.0 Å². The molecule has 0 unspecified atom stereocenters. The summed E-state index contributed by atoms with van der Waals surface area (Å²) in [5, 5.41) is 6.68. The molecule has 1 aromatic rings. The number of nitrogens with one attached hydrogen (secondary N) is 2. The molecule has 31 heavy (non-hydrogen) atoms. The van der Waals surface area contributed by atoms with Crippen molar-refractivity contribution in [1.29, 1.82) is 0 Å². The molecule has 0 radical (unpaired) electrons. The van der Waals surface area contributed by atoms with Crippen molar-refractivity contribution < 1.29 is 4.79 Å². The molecule has 8 nitrogen and oxygen atoms in total. The van der Waals surface area contributed by atoms with E-state index in [1.54, 1.807) is 19.4 Å². The number of aromatic nitrogens is 2. The Hall–Kier alpha value is -1.65. The number of rotatable bonds is 10. The smallest absolute Gasteiger partial charge is 0.225 e. The van der Waals surface area contributed by atoms with Crippen molar-refractivity contribution in [2.45, 2.75) is 52.9 Å². The van der Waals surface area contributed by atoms with Crippen molar-refractivity contribution in [2.75, 3.05) is 51.2 Å². The number of amides is 1. The number of carbonyl (C=O) groups is 1. The molecular formula is C22H40IN7O. The minimum atomic E-state index is 0. The van der Waals surface area contributed by atoms with Crippen molar-refractivity contribution >= 4 is 41.8 Å². The number of hydrogen-bond acceptors (Lipinski definition) is 5. The number of nitrogens with zero attached hydrogens (tertiary/aromatic N) is 5. The molecule has 0 spiro atoms. The van der Waals surface area contributed by atoms with Gasteiger partial charge in [-0.3, -0.25) is 9.79 Å². The Labute approximate surface area is 204 Å². The van der Waals surface area contributed by atoms with E-state index < -0.39 is 0 Å². The first-order valence-electron chi connectivity index (χ1n) is 11.2. The minimum Gasteiger partial charge on any atom is -0.356 e. The van der Waals surface area contributed by atoms with Crippen LogP contribution < -0.4 is 15.5 Å². The fourth-order valence-corrected chi connectivity index (χ4v) is 3.54. The Kier molecular flexibility index (Phi) is 12.7. The van der Waals surface area contributed by atoms with Gasteiger partial charge >= 0.3 is 0 Å². The van der Waals surface area contributed by atoms with Gasteiger partial charge in [0, 0.05) is 65.1 Å². The highest BCUT2D eigenvalue weighted by molar-refractivity contribution is 14.0. The Balaban J connectivity index is 0.00000480. The second kappa shape index (κ2) is 14.4. The van der Waals surface area contributed by atoms with Crippen LogP contribution in [-0.2, 0) is 4.79 Å². The number of carbonyl (C=O) groups excluding carboxylic acids is 1. The van der Waals surface area contributed by atoms with E-state index >= 15 is 0 Å². The van der Waals surface area contributed by atoms with Crippen LogP contribution in [-0.4, -0.2) is 73.1 Å². The predicted octanol–water partition coefficient (Wildman–Crippen LogP) is 2.90. The monoisotopic (exact) mass is 545 g/mol. The third-order valence-corrected chi connectivity index (χ3v) is 5.51. The summed E-state index contributed by atoms with van der Waals surface area (Å²) in [7, 11) is 1.77. The fourth-order valence-electron chi connectivity index (χ4n) is 3.54. The summed E-state index contributed by atoms with van der Waals surface area (Å²) in [6, 6.07) is 1.81. The molecule has 1 saturated heterocycles. The third-order valence-electron chi connectivity index (χ3n) is 5.51. The topological polar surface area (TPSA) is 85.8 Å². The Morgan fingerprint density at radius 1 is 1.13 bits per heavy atom. The van der Waals surface area contributed by atoms with Crippen LogP contribution in [0, 0.1) is 5.41 Å². The highest BCUT2D eigenvalue weighted by Gasteiger charge is 2.22. The van der Waals surface area contributed by atoms with Crippen LogP contribution in [0.1, 0.15) is 52.9 Å². The molecule has 1 aliphatic heterocycles. The van der Waals surface area contributed by atoms with E-state index in [0.29, 0.717) is 26.1 Å². The molecule has 2 heterocycles. The lowest BCUT2D eigenvalue weighted by Crippen LogP contribution is -2.50. The van der Waals surface area contributed by atoms with E-state index in [9.17, 15) is 4.79 Å². The summed E-state index contributed by atoms with van der Waals surface area (Å²) in [5.41, 5.74) is 0.227. The average molecular weight is 546 g/mol. The molecular weight excluding hydrogens is 505 g/mol. The number of unbranched alkanes of at least 4 members (excludes halogenated alkanes) is 2. The van der Waals surface area contributed by atoms with Crippen LogP contribution in [0.2, 0.25) is 0 Å². The van der Waals surface area contributed by atoms with Crippen molar-refractivity contribution in [3.63, 3.8) is 0 Å². The van der Waals surface area contributed by atoms with E-state index in [0.717, 1.165) is 31.5 Å². The second-order valence-electron chi connectivity index (χ2n) is 8.64. The summed E-state index contributed by atoms with van der Waals surface area (Å²) < 4.78 is 0. The van der Waals surface area contributed by atoms with Gasteiger partial charge in [-0.15, -0.1) is 24.0 Å². The zero-order chi connectivity index (χ0) is 21.8. The zero-order valence-corrected chi connectivity index (χ0v) is 21.9. The van der Waals surface area contributed by atoms with Gasteiger partial charge < -0.3 is 20.4 Å². The lowest BCUT2D eigenvalue weighted by Gasteiger charge is -2.34. The second-order valence-corrected chi connectivity index (χ2v) is 8.64. The number of guanidine groups is 1. The van der Waals surface area contributed by atoms with Gasteiger partial charge in [0.15, 0.2) is 5.96 Å². The van der Waals surface area contributed by atoms with Gasteiger partial charge in [-0.1, -0.05) is 40.0 Å². The number of halogens is 1. The summed E-state index contributed by atoms with van der Waals surface area (Å²) in [5.74, 6) is 1.67. The fraction of sp³-hybridized carbons (Fsp3) is 0.727. The maximum absolute atomic E-state index is 12.6. The number of aliphatic imine (C=N–C) groups is 1. The van der Waals surface area contributed by atoms with E-state index in [2.05, 4.69) is 51.3 Å². The van der Waals surface area contributed by atoms with Crippen molar-refractivity contribution in [3.05, 3.63) is 18.5 Å². The summed E-state index contributed by atoms with van der Waals surface area (Å²) in [6.07, 6.45) is 8.94. The summed E-state index contributed by atoms with van der Waals surface area (Å²) in [6.45, 7) is 11.2. The van der Waals surface area contributed by atoms with E-state index in [1.807, 2.05) is 11.0 Å². The molecule has 0 atom stereocenters. The van der Waals surface area contributed by atoms with Gasteiger partial charge in [-0.05, 0) is 17.9 Å². The quantitative estimate of drug-likeness (QED) is 0.204. The van der Waals surface area contributed by atoms with Gasteiger partial charge in [0.25, 0.3) is 0 Å². The highest BCUT2D eigenvalue weighted by atomic mass is 127. The third kappa shape index (κ3) is 10.0. The highest BCUT2D eigenvalue weighted by Crippen LogP contribution is 2.22. The number of anilines is 1. The standard InChI is InChI=1S/C22H39N7O.HI/c1-5-6-7-10-22(2,3)18-27-20(23-4)24-13-9-19(30)28-14-16-29(17-15-28)21-25-11-8-12-26-21;/h8,11-12H,5-7,9-10,13-18H2,1-4H3,(H2,23,24,27);1H. The number of hydrogen-bond donors (Lipinski definition) is 2. The van der Waals surface area contributed by atoms with Gasteiger partial charge in [0.05, 0.1) is 0 Å². The van der Waals surface area contributed by atoms with Gasteiger partial charge in [0.2, 0.25) is 11.9 Å². The van der Waals surface area contributed by atoms with Gasteiger partial charge in [-0.25, -0.2) is 9.97 Å². The lowest BCUT2D eigenvalue weighted by molar-refractivity contribution is -0.131. The van der Waals surface area contributed by atoms with Crippen LogP contribution in [0.15, 0.2) is 23.5 Å². The molecule has 176 valence electrons. The molecule has 1 aliphatic rings. The SMILES string of the molecule is CCCCCC(C)(C)CNC(=NC)NCCC(=O)N1CCN(c2ncccn2)CC1.I.